The standard InChI is InChI=1S/CH10IN2O10P/c5-3(6,7)13-1-2-15(11,12)14-4(8,9)10/h5-12H,1H2/q+2. The quantitative estimate of drug-likeness (QED) is 0.0749. The zero-order chi connectivity index (χ0) is 12.3. The van der Waals surface area contributed by atoms with Crippen molar-refractivity contribution in [3.8, 4) is 0 Å². The molecule has 0 bridgehead atoms. The third-order valence-corrected chi connectivity index (χ3v) is 5.78. The van der Waals surface area contributed by atoms with Gasteiger partial charge in [-0.15, -0.1) is 0 Å². The average Bonchev–Trinajstić information content (AvgIpc) is 1.75. The Hall–Kier alpha value is 0.680. The molecule has 0 rings (SSSR count). The normalized spacial score (nSPS) is 14.7. The molecular weight excluding hydrogens is 358 g/mol. The number of alkyl halides is 1. The molecule has 14 heteroatoms. The third-order valence-electron chi connectivity index (χ3n) is 0.640. The fourth-order valence-corrected chi connectivity index (χ4v) is 3.72. The first-order chi connectivity index (χ1) is 6.41. The second-order valence-corrected chi connectivity index (χ2v) is 9.73. The fourth-order valence-electron chi connectivity index (χ4n) is 0.312. The Morgan fingerprint density at radius 1 is 0.933 bits per heavy atom. The van der Waals surface area contributed by atoms with Gasteiger partial charge in [-0.25, -0.2) is 0 Å². The van der Waals surface area contributed by atoms with Gasteiger partial charge >= 0.3 is 91.6 Å². The van der Waals surface area contributed by atoms with Crippen molar-refractivity contribution >= 4 is 5.59 Å². The summed E-state index contributed by atoms with van der Waals surface area (Å²) in [5.41, 5.74) is -4.29. The van der Waals surface area contributed by atoms with Gasteiger partial charge < -0.3 is 0 Å². The molecule has 0 amide bonds. The number of rotatable bonds is 6. The molecule has 94 valence electrons. The van der Waals surface area contributed by atoms with Gasteiger partial charge in [-0.05, 0) is 0 Å². The van der Waals surface area contributed by atoms with Gasteiger partial charge in [0.05, 0.1) is 0 Å². The molecule has 0 aromatic heterocycles. The van der Waals surface area contributed by atoms with E-state index in [1.165, 1.54) is 0 Å². The van der Waals surface area contributed by atoms with Gasteiger partial charge in [0, 0.05) is 0 Å². The number of halogens is 1. The summed E-state index contributed by atoms with van der Waals surface area (Å²) in [5.74, 6) is 0. The Morgan fingerprint density at radius 3 is 1.73 bits per heavy atom. The summed E-state index contributed by atoms with van der Waals surface area (Å²) in [4.78, 5) is 21.6. The van der Waals surface area contributed by atoms with Crippen LogP contribution in [0, 0.1) is 0 Å². The van der Waals surface area contributed by atoms with Gasteiger partial charge in [0.15, 0.2) is 0 Å². The molecule has 0 heterocycles. The van der Waals surface area contributed by atoms with Gasteiger partial charge in [-0.2, -0.15) is 0 Å². The molecule has 0 aromatic rings. The molecule has 0 saturated heterocycles. The van der Waals surface area contributed by atoms with E-state index in [2.05, 4.69) is 9.46 Å². The topological polar surface area (TPSA) is 180 Å². The van der Waals surface area contributed by atoms with Gasteiger partial charge in [-0.3, -0.25) is 0 Å². The average molecular weight is 368 g/mol. The van der Waals surface area contributed by atoms with Crippen LogP contribution in [0.15, 0.2) is 0 Å². The van der Waals surface area contributed by atoms with E-state index in [9.17, 15) is 0 Å². The Kier molecular flexibility index (Phi) is 5.58. The maximum atomic E-state index is 8.91. The van der Waals surface area contributed by atoms with E-state index in [0.717, 1.165) is 0 Å². The summed E-state index contributed by atoms with van der Waals surface area (Å²) in [5, 5.41) is 43.0. The van der Waals surface area contributed by atoms with Crippen molar-refractivity contribution in [1.29, 1.82) is 0 Å². The first-order valence-corrected chi connectivity index (χ1v) is 8.80. The first kappa shape index (κ1) is 15.7. The Labute approximate surface area is 92.0 Å². The third kappa shape index (κ3) is 11.0. The zero-order valence-electron chi connectivity index (χ0n) is 6.82. The van der Waals surface area contributed by atoms with E-state index in [1.54, 1.807) is 0 Å². The van der Waals surface area contributed by atoms with E-state index >= 15 is 0 Å². The Morgan fingerprint density at radius 2 is 1.40 bits per heavy atom. The Bertz CT molecular complexity index is 197. The van der Waals surface area contributed by atoms with Crippen LogP contribution in [0.2, 0.25) is 0 Å². The van der Waals surface area contributed by atoms with Gasteiger partial charge in [0.25, 0.3) is 0 Å². The zero-order valence-corrected chi connectivity index (χ0v) is 9.87. The van der Waals surface area contributed by atoms with Crippen LogP contribution in [0.25, 0.3) is 0 Å². The van der Waals surface area contributed by atoms with Crippen LogP contribution in [-0.2, 0) is 9.46 Å². The van der Waals surface area contributed by atoms with E-state index in [1.807, 2.05) is 0 Å². The van der Waals surface area contributed by atoms with Crippen LogP contribution < -0.4 is 20.7 Å². The van der Waals surface area contributed by atoms with Crippen LogP contribution in [0.1, 0.15) is 0 Å². The van der Waals surface area contributed by atoms with E-state index in [4.69, 9.17) is 41.0 Å². The van der Waals surface area contributed by atoms with Gasteiger partial charge in [0.2, 0.25) is 0 Å². The van der Waals surface area contributed by atoms with Crippen molar-refractivity contribution in [1.82, 2.24) is 0 Å². The molecule has 0 atom stereocenters. The van der Waals surface area contributed by atoms with Crippen molar-refractivity contribution < 1.29 is 81.4 Å². The summed E-state index contributed by atoms with van der Waals surface area (Å²) in [6.45, 7) is 0. The summed E-state index contributed by atoms with van der Waals surface area (Å²) in [6, 6.07) is 0. The number of nitrogens with zero attached hydrogens (tertiary/aromatic N) is 2. The maximum absolute atomic E-state index is 8.91. The molecule has 0 unspecified atom stereocenters. The van der Waals surface area contributed by atoms with Crippen LogP contribution in [0.5, 0.6) is 0 Å². The summed E-state index contributed by atoms with van der Waals surface area (Å²) in [6.07, 6.45) is 0. The molecule has 8 N–H and O–H groups in total. The van der Waals surface area contributed by atoms with Crippen molar-refractivity contribution in [3.63, 3.8) is 0 Å². The van der Waals surface area contributed by atoms with Crippen molar-refractivity contribution in [3.05, 3.63) is 0 Å². The molecule has 12 nitrogen and oxygen atoms in total. The van der Waals surface area contributed by atoms with Crippen LogP contribution in [0.4, 0.5) is 0 Å². The van der Waals surface area contributed by atoms with Crippen LogP contribution in [-0.4, -0.2) is 55.9 Å². The SMILES string of the molecule is O[N+](O)(O)OC[I-][P+](O)(O)O[N+](O)(O)O. The van der Waals surface area contributed by atoms with Crippen LogP contribution >= 0.6 is 5.59 Å². The molecule has 0 aromatic carbocycles. The van der Waals surface area contributed by atoms with Crippen LogP contribution in [0.3, 0.4) is 0 Å². The van der Waals surface area contributed by atoms with Crippen molar-refractivity contribution in [2.24, 2.45) is 0 Å². The first-order valence-electron chi connectivity index (χ1n) is 2.87. The number of quaternary nitrogens is 2. The summed E-state index contributed by atoms with van der Waals surface area (Å²) in [7, 11) is 0. The number of hydrogen-bond donors (Lipinski definition) is 8. The monoisotopic (exact) mass is 368 g/mol. The van der Waals surface area contributed by atoms with Gasteiger partial charge in [0.1, 0.15) is 0 Å². The minimum atomic E-state index is -4.29. The summed E-state index contributed by atoms with van der Waals surface area (Å²) >= 11 is -1.87. The predicted octanol–water partition coefficient (Wildman–Crippen LogP) is -4.47. The second kappa shape index (κ2) is 5.34. The molecule has 0 aliphatic rings. The molecule has 0 fully saturated rings. The fraction of sp³-hybridized carbons (Fsp3) is 1.00. The molecule has 0 saturated carbocycles. The van der Waals surface area contributed by atoms with E-state index in [0.29, 0.717) is 0 Å². The van der Waals surface area contributed by atoms with Crippen molar-refractivity contribution in [2.45, 2.75) is 0 Å². The molecule has 0 aliphatic carbocycles. The van der Waals surface area contributed by atoms with E-state index < -0.39 is 41.1 Å². The molecule has 15 heavy (non-hydrogen) atoms. The summed E-state index contributed by atoms with van der Waals surface area (Å²) < 4.78 is 2.86. The predicted molar refractivity (Wildman–Crippen MR) is 29.6 cm³/mol. The van der Waals surface area contributed by atoms with E-state index in [-0.39, 0.29) is 0 Å². The minimum absolute atomic E-state index is 0.719. The number of hydrogen-bond acceptors (Lipinski definition) is 10. The second-order valence-electron chi connectivity index (χ2n) is 1.94. The van der Waals surface area contributed by atoms with Crippen molar-refractivity contribution in [2.75, 3.05) is 4.61 Å². The molecule has 0 spiro atoms. The van der Waals surface area contributed by atoms with Gasteiger partial charge in [-0.1, -0.05) is 0 Å². The molecule has 0 aliphatic heterocycles. The molecule has 0 radical (unpaired) electrons. The Balaban J connectivity index is 3.95. The molecular formula is CH10IN2O10P+2.